The van der Waals surface area contributed by atoms with E-state index in [1.165, 1.54) is 17.8 Å². The summed E-state index contributed by atoms with van der Waals surface area (Å²) in [6, 6.07) is 4.52. The van der Waals surface area contributed by atoms with Gasteiger partial charge in [0.05, 0.1) is 6.04 Å². The molecule has 0 saturated carbocycles. The largest absolute Gasteiger partial charge is 0.396 e. The van der Waals surface area contributed by atoms with E-state index in [-0.39, 0.29) is 30.5 Å². The van der Waals surface area contributed by atoms with Crippen LogP contribution in [-0.4, -0.2) is 29.5 Å². The predicted octanol–water partition coefficient (Wildman–Crippen LogP) is 2.82. The maximum atomic E-state index is 13.8. The number of amides is 2. The lowest BCUT2D eigenvalue weighted by atomic mass is 10.0. The number of aliphatic hydroxyl groups excluding tert-OH is 1. The van der Waals surface area contributed by atoms with Gasteiger partial charge in [0.15, 0.2) is 0 Å². The Morgan fingerprint density at radius 3 is 3.10 bits per heavy atom. The zero-order valence-corrected chi connectivity index (χ0v) is 12.9. The van der Waals surface area contributed by atoms with Gasteiger partial charge >= 0.3 is 6.03 Å². The van der Waals surface area contributed by atoms with Crippen LogP contribution in [0.2, 0.25) is 0 Å². The fraction of sp³-hybridized carbons (Fsp3) is 0.533. The summed E-state index contributed by atoms with van der Waals surface area (Å²) in [4.78, 5) is 12.7. The topological polar surface area (TPSA) is 61.4 Å². The molecule has 0 bridgehead atoms. The van der Waals surface area contributed by atoms with E-state index in [1.54, 1.807) is 6.07 Å². The summed E-state index contributed by atoms with van der Waals surface area (Å²) in [7, 11) is 0. The first-order valence-corrected chi connectivity index (χ1v) is 8.23. The third kappa shape index (κ3) is 4.11. The number of hydrogen-bond donors (Lipinski definition) is 3. The molecule has 6 heteroatoms. The van der Waals surface area contributed by atoms with Crippen LogP contribution in [0, 0.1) is 5.82 Å². The van der Waals surface area contributed by atoms with Gasteiger partial charge in [-0.2, -0.15) is 0 Å². The van der Waals surface area contributed by atoms with Gasteiger partial charge in [0.2, 0.25) is 0 Å². The third-order valence-electron chi connectivity index (χ3n) is 3.64. The molecule has 0 aliphatic carbocycles. The Labute approximate surface area is 128 Å². The summed E-state index contributed by atoms with van der Waals surface area (Å²) in [5.41, 5.74) is 0.844. The summed E-state index contributed by atoms with van der Waals surface area (Å²) in [6.07, 6.45) is 2.08. The number of aliphatic hydroxyl groups is 1. The quantitative estimate of drug-likeness (QED) is 0.783. The Bertz CT molecular complexity index is 499. The maximum Gasteiger partial charge on any atom is 0.315 e. The number of carbonyl (C=O) groups excluding carboxylic acids is 1. The van der Waals surface area contributed by atoms with Crippen molar-refractivity contribution in [3.05, 3.63) is 29.6 Å². The molecule has 1 aliphatic rings. The molecule has 1 aromatic carbocycles. The van der Waals surface area contributed by atoms with E-state index in [0.717, 1.165) is 24.2 Å². The molecule has 0 spiro atoms. The number of urea groups is 1. The molecule has 2 amide bonds. The number of thioether (sulfide) groups is 1. The zero-order valence-electron chi connectivity index (χ0n) is 12.1. The number of carbonyl (C=O) groups is 1. The van der Waals surface area contributed by atoms with Crippen molar-refractivity contribution in [3.8, 4) is 0 Å². The lowest BCUT2D eigenvalue weighted by molar-refractivity contribution is 0.224. The van der Waals surface area contributed by atoms with Crippen molar-refractivity contribution in [2.45, 2.75) is 43.2 Å². The van der Waals surface area contributed by atoms with E-state index in [1.807, 2.05) is 13.0 Å². The van der Waals surface area contributed by atoms with Gasteiger partial charge in [0.25, 0.3) is 0 Å². The Morgan fingerprint density at radius 2 is 2.38 bits per heavy atom. The molecule has 1 aromatic rings. The van der Waals surface area contributed by atoms with Gasteiger partial charge in [-0.05, 0) is 30.9 Å². The number of fused-ring (bicyclic) bond motifs is 1. The van der Waals surface area contributed by atoms with Gasteiger partial charge in [0.1, 0.15) is 5.82 Å². The van der Waals surface area contributed by atoms with E-state index >= 15 is 0 Å². The van der Waals surface area contributed by atoms with Crippen LogP contribution >= 0.6 is 11.8 Å². The highest BCUT2D eigenvalue weighted by Crippen LogP contribution is 2.37. The van der Waals surface area contributed by atoms with Crippen LogP contribution in [0.1, 0.15) is 37.8 Å². The lowest BCUT2D eigenvalue weighted by Crippen LogP contribution is -2.44. The molecule has 0 fully saturated rings. The van der Waals surface area contributed by atoms with Crippen molar-refractivity contribution in [2.75, 3.05) is 12.4 Å². The second-order valence-corrected chi connectivity index (χ2v) is 6.19. The molecule has 2 atom stereocenters. The third-order valence-corrected chi connectivity index (χ3v) is 4.80. The Kier molecular flexibility index (Phi) is 5.87. The molecule has 2 unspecified atom stereocenters. The minimum atomic E-state index is -0.262. The van der Waals surface area contributed by atoms with Crippen molar-refractivity contribution < 1.29 is 14.3 Å². The maximum absolute atomic E-state index is 13.8. The number of halogens is 1. The Balaban J connectivity index is 2.01. The standard InChI is InChI=1S/C15H21FN2O2S/c1-2-10(6-8-19)17-15(20)18-13-7-9-21-14-11(13)4-3-5-12(14)16/h3-5,10,13,19H,2,6-9H2,1H3,(H2,17,18,20). The first-order valence-electron chi connectivity index (χ1n) is 7.24. The average molecular weight is 312 g/mol. The van der Waals surface area contributed by atoms with Crippen molar-refractivity contribution in [2.24, 2.45) is 0 Å². The molecule has 21 heavy (non-hydrogen) atoms. The van der Waals surface area contributed by atoms with Crippen molar-refractivity contribution >= 4 is 17.8 Å². The fourth-order valence-electron chi connectivity index (χ4n) is 2.46. The molecule has 0 aromatic heterocycles. The molecular formula is C15H21FN2O2S. The van der Waals surface area contributed by atoms with Gasteiger partial charge < -0.3 is 15.7 Å². The molecule has 1 aliphatic heterocycles. The van der Waals surface area contributed by atoms with Gasteiger partial charge in [-0.15, -0.1) is 11.8 Å². The molecule has 2 rings (SSSR count). The van der Waals surface area contributed by atoms with Crippen molar-refractivity contribution in [1.82, 2.24) is 10.6 Å². The van der Waals surface area contributed by atoms with Crippen LogP contribution in [0.5, 0.6) is 0 Å². The smallest absolute Gasteiger partial charge is 0.315 e. The van der Waals surface area contributed by atoms with E-state index in [2.05, 4.69) is 10.6 Å². The van der Waals surface area contributed by atoms with Crippen molar-refractivity contribution in [3.63, 3.8) is 0 Å². The highest BCUT2D eigenvalue weighted by atomic mass is 32.2. The molecule has 3 N–H and O–H groups in total. The summed E-state index contributed by atoms with van der Waals surface area (Å²) >= 11 is 1.49. The summed E-state index contributed by atoms with van der Waals surface area (Å²) in [5.74, 6) is 0.559. The van der Waals surface area contributed by atoms with Crippen LogP contribution < -0.4 is 10.6 Å². The number of benzene rings is 1. The van der Waals surface area contributed by atoms with Crippen molar-refractivity contribution in [1.29, 1.82) is 0 Å². The summed E-state index contributed by atoms with van der Waals surface area (Å²) in [5, 5.41) is 14.7. The Morgan fingerprint density at radius 1 is 1.57 bits per heavy atom. The van der Waals surface area contributed by atoms with Gasteiger partial charge in [0, 0.05) is 23.3 Å². The minimum Gasteiger partial charge on any atom is -0.396 e. The average Bonchev–Trinajstić information content (AvgIpc) is 2.48. The second kappa shape index (κ2) is 7.66. The van der Waals surface area contributed by atoms with Gasteiger partial charge in [-0.3, -0.25) is 0 Å². The normalized spacial score (nSPS) is 18.7. The highest BCUT2D eigenvalue weighted by Gasteiger charge is 2.24. The van der Waals surface area contributed by atoms with Gasteiger partial charge in [-0.25, -0.2) is 9.18 Å². The number of hydrogen-bond acceptors (Lipinski definition) is 3. The lowest BCUT2D eigenvalue weighted by Gasteiger charge is -2.27. The molecule has 0 radical (unpaired) electrons. The van der Waals surface area contributed by atoms with E-state index < -0.39 is 0 Å². The summed E-state index contributed by atoms with van der Waals surface area (Å²) in [6.45, 7) is 2.01. The van der Waals surface area contributed by atoms with Crippen LogP contribution in [0.25, 0.3) is 0 Å². The van der Waals surface area contributed by atoms with E-state index in [0.29, 0.717) is 11.3 Å². The fourth-order valence-corrected chi connectivity index (χ4v) is 3.60. The monoisotopic (exact) mass is 312 g/mol. The first-order chi connectivity index (χ1) is 10.2. The minimum absolute atomic E-state index is 0.0417. The van der Waals surface area contributed by atoms with Crippen LogP contribution in [0.4, 0.5) is 9.18 Å². The number of nitrogens with one attached hydrogen (secondary N) is 2. The van der Waals surface area contributed by atoms with Crippen LogP contribution in [0.15, 0.2) is 23.1 Å². The predicted molar refractivity (Wildman–Crippen MR) is 81.9 cm³/mol. The van der Waals surface area contributed by atoms with Crippen LogP contribution in [-0.2, 0) is 0 Å². The highest BCUT2D eigenvalue weighted by molar-refractivity contribution is 7.99. The molecule has 1 heterocycles. The SMILES string of the molecule is CCC(CCO)NC(=O)NC1CCSc2c(F)cccc21. The first kappa shape index (κ1) is 16.1. The number of rotatable bonds is 5. The van der Waals surface area contributed by atoms with E-state index in [4.69, 9.17) is 5.11 Å². The Hall–Kier alpha value is -1.27. The second-order valence-electron chi connectivity index (χ2n) is 5.08. The van der Waals surface area contributed by atoms with Gasteiger partial charge in [-0.1, -0.05) is 19.1 Å². The molecule has 116 valence electrons. The zero-order chi connectivity index (χ0) is 15.2. The molecule has 4 nitrogen and oxygen atoms in total. The van der Waals surface area contributed by atoms with Crippen LogP contribution in [0.3, 0.4) is 0 Å². The van der Waals surface area contributed by atoms with E-state index in [9.17, 15) is 9.18 Å². The summed E-state index contributed by atoms with van der Waals surface area (Å²) < 4.78 is 13.8. The molecule has 0 saturated heterocycles. The molecular weight excluding hydrogens is 291 g/mol.